The number of thioether (sulfide) groups is 1. The van der Waals surface area contributed by atoms with Crippen LogP contribution in [0.25, 0.3) is 0 Å². The smallest absolute Gasteiger partial charge is 0.115 e. The van der Waals surface area contributed by atoms with Gasteiger partial charge in [-0.25, -0.2) is 0 Å². The third-order valence-electron chi connectivity index (χ3n) is 1.38. The van der Waals surface area contributed by atoms with E-state index in [1.807, 2.05) is 12.3 Å². The van der Waals surface area contributed by atoms with Crippen molar-refractivity contribution >= 4 is 29.1 Å². The number of hydrogen-bond donors (Lipinski definition) is 1. The van der Waals surface area contributed by atoms with Crippen LogP contribution in [0, 0.1) is 0 Å². The lowest BCUT2D eigenvalue weighted by Crippen LogP contribution is -2.02. The molecule has 0 aromatic heterocycles. The fourth-order valence-electron chi connectivity index (χ4n) is 0.885. The molecule has 0 saturated heterocycles. The van der Waals surface area contributed by atoms with Crippen molar-refractivity contribution in [3.63, 3.8) is 0 Å². The van der Waals surface area contributed by atoms with E-state index >= 15 is 0 Å². The number of nitrogens with zero attached hydrogens (tertiary/aromatic N) is 1. The highest BCUT2D eigenvalue weighted by molar-refractivity contribution is 8.07. The van der Waals surface area contributed by atoms with Crippen molar-refractivity contribution in [2.24, 2.45) is 10.7 Å². The van der Waals surface area contributed by atoms with Crippen LogP contribution in [0.4, 0.5) is 0 Å². The van der Waals surface area contributed by atoms with Crippen LogP contribution in [-0.2, 0) is 0 Å². The van der Waals surface area contributed by atoms with E-state index in [4.69, 9.17) is 17.3 Å². The van der Waals surface area contributed by atoms with E-state index in [1.54, 1.807) is 7.05 Å². The molecule has 0 aromatic rings. The van der Waals surface area contributed by atoms with Crippen LogP contribution in [0.2, 0.25) is 0 Å². The Kier molecular flexibility index (Phi) is 2.62. The summed E-state index contributed by atoms with van der Waals surface area (Å²) in [7, 11) is 1.73. The van der Waals surface area contributed by atoms with Crippen LogP contribution in [0.3, 0.4) is 0 Å². The Hall–Kier alpha value is -0.410. The summed E-state index contributed by atoms with van der Waals surface area (Å²) in [6, 6.07) is 0. The van der Waals surface area contributed by atoms with Crippen molar-refractivity contribution in [3.05, 3.63) is 21.0 Å². The molecular formula is C7H9ClN2S. The van der Waals surface area contributed by atoms with Crippen LogP contribution in [0.1, 0.15) is 6.92 Å². The largest absolute Gasteiger partial charge is 0.388 e. The fourth-order valence-corrected chi connectivity index (χ4v) is 1.99. The number of hydrogen-bond acceptors (Lipinski definition) is 3. The van der Waals surface area contributed by atoms with Crippen LogP contribution in [0.15, 0.2) is 26.0 Å². The maximum Gasteiger partial charge on any atom is 0.115 e. The minimum atomic E-state index is 0.323. The van der Waals surface area contributed by atoms with Gasteiger partial charge < -0.3 is 5.73 Å². The van der Waals surface area contributed by atoms with Crippen molar-refractivity contribution in [3.8, 4) is 0 Å². The van der Waals surface area contributed by atoms with E-state index in [0.717, 1.165) is 16.2 Å². The second-order valence-corrected chi connectivity index (χ2v) is 3.45. The third-order valence-corrected chi connectivity index (χ3v) is 2.80. The molecule has 1 aliphatic rings. The van der Waals surface area contributed by atoms with Gasteiger partial charge in [-0.1, -0.05) is 23.4 Å². The van der Waals surface area contributed by atoms with E-state index in [0.29, 0.717) is 5.16 Å². The number of aliphatic imine (C=N–C) groups is 1. The second-order valence-electron chi connectivity index (χ2n) is 2.17. The van der Waals surface area contributed by atoms with E-state index in [9.17, 15) is 0 Å². The lowest BCUT2D eigenvalue weighted by atomic mass is 10.2. The molecule has 2 nitrogen and oxygen atoms in total. The summed E-state index contributed by atoms with van der Waals surface area (Å²) in [5.74, 6) is 0. The zero-order valence-corrected chi connectivity index (χ0v) is 7.96. The highest BCUT2D eigenvalue weighted by Gasteiger charge is 2.17. The Morgan fingerprint density at radius 3 is 2.73 bits per heavy atom. The maximum absolute atomic E-state index is 5.65. The summed E-state index contributed by atoms with van der Waals surface area (Å²) in [6.07, 6.45) is 0. The van der Waals surface area contributed by atoms with Gasteiger partial charge in [-0.05, 0) is 17.9 Å². The standard InChI is InChI=1S/C7H9ClN2S/c1-4-3-11-6(7(8)9)5(4)10-2/h3H,9H2,1-2H3/b7-6+,10-5-. The number of nitrogens with two attached hydrogens (primary N) is 1. The average molecular weight is 189 g/mol. The zero-order valence-electron chi connectivity index (χ0n) is 6.39. The second kappa shape index (κ2) is 3.32. The van der Waals surface area contributed by atoms with Crippen LogP contribution in [-0.4, -0.2) is 12.8 Å². The lowest BCUT2D eigenvalue weighted by Gasteiger charge is -1.99. The first kappa shape index (κ1) is 8.68. The molecule has 0 unspecified atom stereocenters. The van der Waals surface area contributed by atoms with Gasteiger partial charge in [-0.3, -0.25) is 4.99 Å². The molecule has 2 N–H and O–H groups in total. The molecule has 1 rings (SSSR count). The monoisotopic (exact) mass is 188 g/mol. The minimum Gasteiger partial charge on any atom is -0.388 e. The minimum absolute atomic E-state index is 0.323. The van der Waals surface area contributed by atoms with Crippen LogP contribution < -0.4 is 5.73 Å². The molecule has 60 valence electrons. The van der Waals surface area contributed by atoms with Crippen LogP contribution in [0.5, 0.6) is 0 Å². The van der Waals surface area contributed by atoms with Gasteiger partial charge in [0, 0.05) is 7.05 Å². The highest BCUT2D eigenvalue weighted by atomic mass is 35.5. The first-order chi connectivity index (χ1) is 5.16. The molecule has 4 heteroatoms. The normalized spacial score (nSPS) is 25.7. The lowest BCUT2D eigenvalue weighted by molar-refractivity contribution is 1.41. The van der Waals surface area contributed by atoms with E-state index < -0.39 is 0 Å². The van der Waals surface area contributed by atoms with Crippen molar-refractivity contribution in [1.82, 2.24) is 0 Å². The Balaban J connectivity index is 3.05. The fraction of sp³-hybridized carbons (Fsp3) is 0.286. The Morgan fingerprint density at radius 2 is 2.36 bits per heavy atom. The van der Waals surface area contributed by atoms with Crippen molar-refractivity contribution in [2.75, 3.05) is 7.05 Å². The molecule has 11 heavy (non-hydrogen) atoms. The quantitative estimate of drug-likeness (QED) is 0.592. The molecule has 0 amide bonds. The molecule has 0 aromatic carbocycles. The summed E-state index contributed by atoms with van der Waals surface area (Å²) in [4.78, 5) is 4.94. The van der Waals surface area contributed by atoms with Crippen molar-refractivity contribution in [2.45, 2.75) is 6.92 Å². The Morgan fingerprint density at radius 1 is 1.73 bits per heavy atom. The van der Waals surface area contributed by atoms with Gasteiger partial charge in [0.25, 0.3) is 0 Å². The van der Waals surface area contributed by atoms with E-state index in [2.05, 4.69) is 4.99 Å². The Bertz CT molecular complexity index is 262. The summed E-state index contributed by atoms with van der Waals surface area (Å²) in [5, 5.41) is 2.32. The molecule has 0 aliphatic carbocycles. The molecule has 0 atom stereocenters. The maximum atomic E-state index is 5.65. The topological polar surface area (TPSA) is 38.4 Å². The Labute approximate surface area is 75.2 Å². The number of rotatable bonds is 0. The summed E-state index contributed by atoms with van der Waals surface area (Å²) in [5.41, 5.74) is 7.46. The average Bonchev–Trinajstić information content (AvgIpc) is 2.30. The predicted octanol–water partition coefficient (Wildman–Crippen LogP) is 2.07. The highest BCUT2D eigenvalue weighted by Crippen LogP contribution is 2.33. The molecule has 0 spiro atoms. The van der Waals surface area contributed by atoms with E-state index in [1.165, 1.54) is 11.8 Å². The van der Waals surface area contributed by atoms with Gasteiger partial charge in [0.15, 0.2) is 0 Å². The zero-order chi connectivity index (χ0) is 8.43. The summed E-state index contributed by atoms with van der Waals surface area (Å²) >= 11 is 7.17. The number of halogens is 1. The summed E-state index contributed by atoms with van der Waals surface area (Å²) < 4.78 is 0. The summed E-state index contributed by atoms with van der Waals surface area (Å²) in [6.45, 7) is 1.99. The molecular weight excluding hydrogens is 180 g/mol. The molecule has 0 saturated carbocycles. The molecule has 1 heterocycles. The predicted molar refractivity (Wildman–Crippen MR) is 51.8 cm³/mol. The van der Waals surface area contributed by atoms with Gasteiger partial charge in [-0.2, -0.15) is 0 Å². The van der Waals surface area contributed by atoms with Gasteiger partial charge in [0.1, 0.15) is 5.16 Å². The van der Waals surface area contributed by atoms with Crippen LogP contribution >= 0.6 is 23.4 Å². The first-order valence-electron chi connectivity index (χ1n) is 3.13. The molecule has 0 fully saturated rings. The molecule has 0 radical (unpaired) electrons. The third kappa shape index (κ3) is 1.60. The van der Waals surface area contributed by atoms with Crippen molar-refractivity contribution < 1.29 is 0 Å². The molecule has 1 aliphatic heterocycles. The first-order valence-corrected chi connectivity index (χ1v) is 4.38. The van der Waals surface area contributed by atoms with Gasteiger partial charge in [0.05, 0.1) is 10.6 Å². The number of allylic oxidation sites excluding steroid dienone is 2. The van der Waals surface area contributed by atoms with Crippen molar-refractivity contribution in [1.29, 1.82) is 0 Å². The van der Waals surface area contributed by atoms with Gasteiger partial charge in [-0.15, -0.1) is 0 Å². The molecule has 0 bridgehead atoms. The van der Waals surface area contributed by atoms with Gasteiger partial charge >= 0.3 is 0 Å². The van der Waals surface area contributed by atoms with E-state index in [-0.39, 0.29) is 0 Å². The van der Waals surface area contributed by atoms with Gasteiger partial charge in [0.2, 0.25) is 0 Å². The SMILES string of the molecule is C/N=C1/C(C)=CS/C1=C(/N)Cl.